The Hall–Kier alpha value is -2.94. The summed E-state index contributed by atoms with van der Waals surface area (Å²) in [7, 11) is 0. The fourth-order valence-electron chi connectivity index (χ4n) is 3.31. The van der Waals surface area contributed by atoms with Crippen LogP contribution in [0, 0.1) is 17.1 Å². The van der Waals surface area contributed by atoms with Crippen molar-refractivity contribution in [2.75, 3.05) is 18.0 Å². The molecule has 1 saturated heterocycles. The average Bonchev–Trinajstić information content (AvgIpc) is 3.05. The first-order chi connectivity index (χ1) is 11.7. The molecular formula is C18H15FN4O. The van der Waals surface area contributed by atoms with E-state index in [1.54, 1.807) is 12.3 Å². The maximum absolute atomic E-state index is 13.3. The van der Waals surface area contributed by atoms with Crippen molar-refractivity contribution in [2.45, 2.75) is 18.8 Å². The quantitative estimate of drug-likeness (QED) is 0.721. The summed E-state index contributed by atoms with van der Waals surface area (Å²) in [5, 5.41) is 14.0. The summed E-state index contributed by atoms with van der Waals surface area (Å²) in [4.78, 5) is 6.26. The molecule has 1 aliphatic heterocycles. The zero-order valence-electron chi connectivity index (χ0n) is 12.9. The van der Waals surface area contributed by atoms with Crippen LogP contribution in [0.2, 0.25) is 0 Å². The lowest BCUT2D eigenvalue weighted by atomic mass is 9.91. The van der Waals surface area contributed by atoms with Gasteiger partial charge in [0.15, 0.2) is 5.58 Å². The minimum absolute atomic E-state index is 0.297. The van der Waals surface area contributed by atoms with Crippen molar-refractivity contribution in [3.63, 3.8) is 0 Å². The number of pyridine rings is 1. The van der Waals surface area contributed by atoms with Crippen LogP contribution in [0.1, 0.15) is 30.1 Å². The van der Waals surface area contributed by atoms with Gasteiger partial charge in [0.25, 0.3) is 0 Å². The van der Waals surface area contributed by atoms with Crippen molar-refractivity contribution < 1.29 is 8.91 Å². The zero-order valence-corrected chi connectivity index (χ0v) is 12.9. The number of rotatable bonds is 2. The summed E-state index contributed by atoms with van der Waals surface area (Å²) in [6.45, 7) is 1.74. The Balaban J connectivity index is 1.52. The van der Waals surface area contributed by atoms with E-state index in [0.717, 1.165) is 42.7 Å². The molecule has 0 saturated carbocycles. The van der Waals surface area contributed by atoms with Gasteiger partial charge in [0, 0.05) is 42.3 Å². The number of aromatic nitrogens is 2. The summed E-state index contributed by atoms with van der Waals surface area (Å²) in [5.41, 5.74) is 2.86. The normalized spacial score (nSPS) is 15.6. The van der Waals surface area contributed by atoms with Crippen molar-refractivity contribution in [1.29, 1.82) is 5.26 Å². The van der Waals surface area contributed by atoms with E-state index in [-0.39, 0.29) is 5.82 Å². The molecule has 24 heavy (non-hydrogen) atoms. The van der Waals surface area contributed by atoms with Gasteiger partial charge in [-0.2, -0.15) is 5.26 Å². The molecule has 0 aliphatic carbocycles. The van der Waals surface area contributed by atoms with E-state index in [9.17, 15) is 4.39 Å². The molecule has 2 aromatic heterocycles. The Bertz CT molecular complexity index is 922. The second-order valence-electron chi connectivity index (χ2n) is 5.98. The lowest BCUT2D eigenvalue weighted by Crippen LogP contribution is -2.33. The van der Waals surface area contributed by atoms with Crippen molar-refractivity contribution in [3.8, 4) is 6.07 Å². The van der Waals surface area contributed by atoms with E-state index < -0.39 is 0 Å². The second-order valence-corrected chi connectivity index (χ2v) is 5.98. The van der Waals surface area contributed by atoms with Gasteiger partial charge in [-0.05, 0) is 37.1 Å². The number of benzene rings is 1. The third-order valence-electron chi connectivity index (χ3n) is 4.57. The number of nitrogens with zero attached hydrogens (tertiary/aromatic N) is 4. The van der Waals surface area contributed by atoms with Gasteiger partial charge >= 0.3 is 0 Å². The van der Waals surface area contributed by atoms with Gasteiger partial charge in [-0.3, -0.25) is 0 Å². The van der Waals surface area contributed by atoms with Gasteiger partial charge in [-0.1, -0.05) is 5.16 Å². The smallest absolute Gasteiger partial charge is 0.170 e. The van der Waals surface area contributed by atoms with Crippen LogP contribution in [0.3, 0.4) is 0 Å². The van der Waals surface area contributed by atoms with Crippen LogP contribution in [0.5, 0.6) is 0 Å². The lowest BCUT2D eigenvalue weighted by molar-refractivity contribution is 0.416. The summed E-state index contributed by atoms with van der Waals surface area (Å²) < 4.78 is 18.5. The highest BCUT2D eigenvalue weighted by Crippen LogP contribution is 2.34. The Morgan fingerprint density at radius 1 is 1.21 bits per heavy atom. The lowest BCUT2D eigenvalue weighted by Gasteiger charge is -2.32. The summed E-state index contributed by atoms with van der Waals surface area (Å²) in [6, 6.07) is 10.4. The summed E-state index contributed by atoms with van der Waals surface area (Å²) in [6.07, 6.45) is 3.53. The van der Waals surface area contributed by atoms with Crippen molar-refractivity contribution in [3.05, 3.63) is 53.7 Å². The molecule has 4 rings (SSSR count). The van der Waals surface area contributed by atoms with E-state index in [4.69, 9.17) is 9.78 Å². The molecule has 5 nitrogen and oxygen atoms in total. The van der Waals surface area contributed by atoms with Crippen molar-refractivity contribution >= 4 is 16.7 Å². The predicted molar refractivity (Wildman–Crippen MR) is 87.1 cm³/mol. The van der Waals surface area contributed by atoms with Crippen LogP contribution < -0.4 is 4.90 Å². The number of fused-ring (bicyclic) bond motifs is 1. The first kappa shape index (κ1) is 14.6. The molecule has 1 aliphatic rings. The molecule has 0 atom stereocenters. The number of halogens is 1. The maximum atomic E-state index is 13.3. The highest BCUT2D eigenvalue weighted by Gasteiger charge is 2.25. The molecule has 0 spiro atoms. The topological polar surface area (TPSA) is 66.0 Å². The minimum Gasteiger partial charge on any atom is -0.371 e. The third kappa shape index (κ3) is 2.58. The molecule has 6 heteroatoms. The number of piperidine rings is 1. The fourth-order valence-corrected chi connectivity index (χ4v) is 3.31. The summed E-state index contributed by atoms with van der Waals surface area (Å²) >= 11 is 0. The average molecular weight is 322 g/mol. The van der Waals surface area contributed by atoms with Gasteiger partial charge in [0.05, 0.1) is 5.69 Å². The van der Waals surface area contributed by atoms with E-state index in [2.05, 4.69) is 21.1 Å². The Morgan fingerprint density at radius 3 is 2.83 bits per heavy atom. The van der Waals surface area contributed by atoms with Crippen LogP contribution >= 0.6 is 0 Å². The second kappa shape index (κ2) is 5.93. The summed E-state index contributed by atoms with van der Waals surface area (Å²) in [5.74, 6) is -0.0174. The first-order valence-electron chi connectivity index (χ1n) is 7.90. The minimum atomic E-state index is -0.314. The van der Waals surface area contributed by atoms with E-state index in [0.29, 0.717) is 17.2 Å². The molecule has 0 amide bonds. The monoisotopic (exact) mass is 322 g/mol. The molecule has 0 N–H and O–H groups in total. The fraction of sp³-hybridized carbons (Fsp3) is 0.278. The maximum Gasteiger partial charge on any atom is 0.170 e. The van der Waals surface area contributed by atoms with Crippen LogP contribution in [0.4, 0.5) is 10.1 Å². The number of hydrogen-bond acceptors (Lipinski definition) is 5. The largest absolute Gasteiger partial charge is 0.371 e. The van der Waals surface area contributed by atoms with Crippen molar-refractivity contribution in [1.82, 2.24) is 10.1 Å². The standard InChI is InChI=1S/C18H15FN4O/c19-13-1-2-16-17(9-13)24-22-18(16)12-4-7-23(8-5-12)15-3-6-21-14(10-15)11-20/h1-3,6,9-10,12H,4-5,7-8H2. The molecule has 0 unspecified atom stereocenters. The van der Waals surface area contributed by atoms with E-state index in [1.807, 2.05) is 12.1 Å². The molecule has 0 radical (unpaired) electrons. The highest BCUT2D eigenvalue weighted by atomic mass is 19.1. The van der Waals surface area contributed by atoms with Crippen LogP contribution in [0.25, 0.3) is 11.0 Å². The molecule has 1 fully saturated rings. The molecule has 3 aromatic rings. The molecule has 0 bridgehead atoms. The van der Waals surface area contributed by atoms with Gasteiger partial charge in [0.1, 0.15) is 17.6 Å². The van der Waals surface area contributed by atoms with Crippen LogP contribution in [-0.4, -0.2) is 23.2 Å². The number of hydrogen-bond donors (Lipinski definition) is 0. The highest BCUT2D eigenvalue weighted by molar-refractivity contribution is 5.80. The van der Waals surface area contributed by atoms with Crippen LogP contribution in [0.15, 0.2) is 41.1 Å². The predicted octanol–water partition coefficient (Wildman–Crippen LogP) is 3.62. The van der Waals surface area contributed by atoms with Gasteiger partial charge in [-0.25, -0.2) is 9.37 Å². The first-order valence-corrected chi connectivity index (χ1v) is 7.90. The molecule has 120 valence electrons. The van der Waals surface area contributed by atoms with Gasteiger partial charge < -0.3 is 9.42 Å². The van der Waals surface area contributed by atoms with E-state index in [1.165, 1.54) is 12.1 Å². The van der Waals surface area contributed by atoms with Gasteiger partial charge in [0.2, 0.25) is 0 Å². The van der Waals surface area contributed by atoms with Gasteiger partial charge in [-0.15, -0.1) is 0 Å². The van der Waals surface area contributed by atoms with Crippen molar-refractivity contribution in [2.24, 2.45) is 0 Å². The van der Waals surface area contributed by atoms with E-state index >= 15 is 0 Å². The molecule has 1 aromatic carbocycles. The zero-order chi connectivity index (χ0) is 16.5. The SMILES string of the molecule is N#Cc1cc(N2CCC(c3noc4cc(F)ccc34)CC2)ccn1. The number of anilines is 1. The van der Waals surface area contributed by atoms with Crippen LogP contribution in [-0.2, 0) is 0 Å². The number of nitriles is 1. The Labute approximate surface area is 138 Å². The molecule has 3 heterocycles. The Kier molecular flexibility index (Phi) is 3.62. The molecular weight excluding hydrogens is 307 g/mol. The Morgan fingerprint density at radius 2 is 2.04 bits per heavy atom. The third-order valence-corrected chi connectivity index (χ3v) is 4.57.